The fourth-order valence-electron chi connectivity index (χ4n) is 2.74. The van der Waals surface area contributed by atoms with Crippen LogP contribution >= 0.6 is 0 Å². The average Bonchev–Trinajstić information content (AvgIpc) is 2.13. The molecule has 0 unspecified atom stereocenters. The van der Waals surface area contributed by atoms with E-state index in [0.717, 1.165) is 6.42 Å². The zero-order valence-corrected chi connectivity index (χ0v) is 13.4. The molecular formula is C14H28N4O. The number of nitrogens with zero attached hydrogens (tertiary/aromatic N) is 3. The van der Waals surface area contributed by atoms with Gasteiger partial charge in [-0.25, -0.2) is 0 Å². The molecule has 0 atom stereocenters. The third kappa shape index (κ3) is 6.60. The van der Waals surface area contributed by atoms with Crippen LogP contribution in [0.1, 0.15) is 67.7 Å². The van der Waals surface area contributed by atoms with Crippen LogP contribution in [0.4, 0.5) is 0 Å². The molecular weight excluding hydrogens is 240 g/mol. The van der Waals surface area contributed by atoms with Crippen LogP contribution in [0.2, 0.25) is 0 Å². The molecule has 5 nitrogen and oxygen atoms in total. The molecule has 0 saturated heterocycles. The van der Waals surface area contributed by atoms with Crippen molar-refractivity contribution in [1.29, 1.82) is 0 Å². The Labute approximate surface area is 116 Å². The highest BCUT2D eigenvalue weighted by atomic mass is 16.1. The molecule has 110 valence electrons. The van der Waals surface area contributed by atoms with Crippen molar-refractivity contribution < 1.29 is 4.79 Å². The van der Waals surface area contributed by atoms with Crippen LogP contribution in [0.25, 0.3) is 10.4 Å². The average molecular weight is 268 g/mol. The lowest BCUT2D eigenvalue weighted by molar-refractivity contribution is -0.125. The number of hydrogen-bond donors (Lipinski definition) is 1. The van der Waals surface area contributed by atoms with Crippen molar-refractivity contribution in [2.24, 2.45) is 5.11 Å². The number of carbonyl (C=O) groups excluding carboxylic acids is 1. The molecule has 0 heterocycles. The van der Waals surface area contributed by atoms with E-state index in [-0.39, 0.29) is 11.3 Å². The van der Waals surface area contributed by atoms with Gasteiger partial charge in [-0.3, -0.25) is 4.79 Å². The summed E-state index contributed by atoms with van der Waals surface area (Å²) in [5, 5.41) is 7.21. The van der Waals surface area contributed by atoms with Crippen molar-refractivity contribution >= 4 is 5.78 Å². The zero-order valence-electron chi connectivity index (χ0n) is 13.4. The van der Waals surface area contributed by atoms with Gasteiger partial charge in [-0.15, -0.1) is 0 Å². The molecule has 0 aromatic carbocycles. The summed E-state index contributed by atoms with van der Waals surface area (Å²) in [6.45, 7) is 13.7. The molecule has 0 radical (unpaired) electrons. The zero-order chi connectivity index (χ0) is 15.3. The second-order valence-electron chi connectivity index (χ2n) is 6.99. The van der Waals surface area contributed by atoms with Crippen LogP contribution in [0, 0.1) is 0 Å². The highest BCUT2D eigenvalue weighted by Gasteiger charge is 2.35. The first-order valence-corrected chi connectivity index (χ1v) is 6.85. The van der Waals surface area contributed by atoms with Gasteiger partial charge in [0.05, 0.1) is 5.54 Å². The summed E-state index contributed by atoms with van der Waals surface area (Å²) in [4.78, 5) is 15.0. The van der Waals surface area contributed by atoms with Crippen molar-refractivity contribution in [3.63, 3.8) is 0 Å². The standard InChI is InChI=1S/C14H28N4O/c1-8-9-11(19)14(6,7)16-12(2,3)10-13(4,5)17-18-15/h16H,8-10H2,1-7H3. The highest BCUT2D eigenvalue weighted by molar-refractivity contribution is 5.87. The predicted molar refractivity (Wildman–Crippen MR) is 79.1 cm³/mol. The molecule has 0 rings (SSSR count). The molecule has 0 aliphatic carbocycles. The van der Waals surface area contributed by atoms with Crippen LogP contribution in [-0.2, 0) is 4.79 Å². The van der Waals surface area contributed by atoms with Gasteiger partial charge in [0.1, 0.15) is 0 Å². The number of carbonyl (C=O) groups is 1. The quantitative estimate of drug-likeness (QED) is 0.410. The fraction of sp³-hybridized carbons (Fsp3) is 0.929. The Balaban J connectivity index is 4.85. The minimum atomic E-state index is -0.564. The second kappa shape index (κ2) is 6.40. The van der Waals surface area contributed by atoms with Gasteiger partial charge in [-0.2, -0.15) is 0 Å². The van der Waals surface area contributed by atoms with Gasteiger partial charge >= 0.3 is 0 Å². The molecule has 19 heavy (non-hydrogen) atoms. The van der Waals surface area contributed by atoms with Crippen LogP contribution in [0.15, 0.2) is 5.11 Å². The lowest BCUT2D eigenvalue weighted by atomic mass is 9.84. The van der Waals surface area contributed by atoms with E-state index in [2.05, 4.69) is 15.3 Å². The number of rotatable bonds is 8. The molecule has 0 aromatic rings. The Kier molecular flexibility index (Phi) is 6.04. The molecule has 0 spiro atoms. The van der Waals surface area contributed by atoms with Gasteiger partial charge in [0.25, 0.3) is 0 Å². The first-order valence-electron chi connectivity index (χ1n) is 6.85. The Bertz CT molecular complexity index is 366. The van der Waals surface area contributed by atoms with E-state index in [1.807, 2.05) is 48.5 Å². The topological polar surface area (TPSA) is 77.9 Å². The van der Waals surface area contributed by atoms with Gasteiger partial charge in [-0.1, -0.05) is 25.9 Å². The van der Waals surface area contributed by atoms with Gasteiger partial charge in [-0.05, 0) is 46.1 Å². The molecule has 5 heteroatoms. The highest BCUT2D eigenvalue weighted by Crippen LogP contribution is 2.26. The minimum absolute atomic E-state index is 0.213. The summed E-state index contributed by atoms with van der Waals surface area (Å²) in [5.74, 6) is 0.213. The second-order valence-corrected chi connectivity index (χ2v) is 6.99. The third-order valence-electron chi connectivity index (χ3n) is 3.02. The number of hydrogen-bond acceptors (Lipinski definition) is 3. The molecule has 0 fully saturated rings. The summed E-state index contributed by atoms with van der Waals surface area (Å²) in [6.07, 6.45) is 2.09. The van der Waals surface area contributed by atoms with Crippen molar-refractivity contribution in [2.75, 3.05) is 0 Å². The molecule has 0 aromatic heterocycles. The van der Waals surface area contributed by atoms with E-state index in [9.17, 15) is 4.79 Å². The maximum Gasteiger partial charge on any atom is 0.152 e. The summed E-state index contributed by atoms with van der Waals surface area (Å²) in [6, 6.07) is 0. The van der Waals surface area contributed by atoms with Gasteiger partial charge in [0.15, 0.2) is 5.78 Å². The Morgan fingerprint density at radius 1 is 1.21 bits per heavy atom. The molecule has 0 aliphatic heterocycles. The van der Waals surface area contributed by atoms with Crippen LogP contribution < -0.4 is 5.32 Å². The van der Waals surface area contributed by atoms with E-state index in [1.165, 1.54) is 0 Å². The number of Topliss-reactive ketones (excluding diaryl/α,β-unsaturated/α-hetero) is 1. The first kappa shape index (κ1) is 17.9. The van der Waals surface area contributed by atoms with Crippen molar-refractivity contribution in [3.05, 3.63) is 10.4 Å². The van der Waals surface area contributed by atoms with Gasteiger partial charge in [0.2, 0.25) is 0 Å². The molecule has 1 N–H and O–H groups in total. The van der Waals surface area contributed by atoms with Gasteiger partial charge < -0.3 is 5.32 Å². The van der Waals surface area contributed by atoms with Crippen molar-refractivity contribution in [1.82, 2.24) is 5.32 Å². The van der Waals surface area contributed by atoms with E-state index in [0.29, 0.717) is 12.8 Å². The van der Waals surface area contributed by atoms with E-state index < -0.39 is 11.1 Å². The summed E-state index contributed by atoms with van der Waals surface area (Å²) < 4.78 is 0. The summed E-state index contributed by atoms with van der Waals surface area (Å²) >= 11 is 0. The lowest BCUT2D eigenvalue weighted by Crippen LogP contribution is -2.57. The maximum absolute atomic E-state index is 12.1. The Hall–Kier alpha value is -1.06. The predicted octanol–water partition coefficient (Wildman–Crippen LogP) is 3.98. The molecule has 0 aliphatic rings. The third-order valence-corrected chi connectivity index (χ3v) is 3.02. The molecule has 0 bridgehead atoms. The number of ketones is 1. The Morgan fingerprint density at radius 2 is 1.74 bits per heavy atom. The van der Waals surface area contributed by atoms with Crippen LogP contribution in [0.3, 0.4) is 0 Å². The van der Waals surface area contributed by atoms with Crippen LogP contribution in [0.5, 0.6) is 0 Å². The number of nitrogens with one attached hydrogen (secondary N) is 1. The van der Waals surface area contributed by atoms with Crippen LogP contribution in [-0.4, -0.2) is 22.4 Å². The first-order chi connectivity index (χ1) is 8.46. The maximum atomic E-state index is 12.1. The summed E-state index contributed by atoms with van der Waals surface area (Å²) in [5.41, 5.74) is 7.25. The minimum Gasteiger partial charge on any atom is -0.300 e. The molecule has 0 saturated carbocycles. The lowest BCUT2D eigenvalue weighted by Gasteiger charge is -2.39. The van der Waals surface area contributed by atoms with E-state index >= 15 is 0 Å². The van der Waals surface area contributed by atoms with E-state index in [4.69, 9.17) is 5.53 Å². The SMILES string of the molecule is CCCC(=O)C(C)(C)NC(C)(C)CC(C)(C)N=[N+]=[N-]. The monoisotopic (exact) mass is 268 g/mol. The normalized spacial score (nSPS) is 13.0. The van der Waals surface area contributed by atoms with Gasteiger partial charge in [0, 0.05) is 22.4 Å². The van der Waals surface area contributed by atoms with Crippen molar-refractivity contribution in [2.45, 2.75) is 84.3 Å². The fourth-order valence-corrected chi connectivity index (χ4v) is 2.74. The number of azide groups is 1. The van der Waals surface area contributed by atoms with Crippen molar-refractivity contribution in [3.8, 4) is 0 Å². The molecule has 0 amide bonds. The summed E-state index contributed by atoms with van der Waals surface area (Å²) in [7, 11) is 0. The van der Waals surface area contributed by atoms with E-state index in [1.54, 1.807) is 0 Å². The largest absolute Gasteiger partial charge is 0.300 e. The smallest absolute Gasteiger partial charge is 0.152 e. The Morgan fingerprint density at radius 3 is 2.16 bits per heavy atom.